The summed E-state index contributed by atoms with van der Waals surface area (Å²) in [7, 11) is 0. The van der Waals surface area contributed by atoms with Gasteiger partial charge in [0.25, 0.3) is 0 Å². The first kappa shape index (κ1) is 24.4. The number of carboxylic acid groups (broad SMARTS) is 1. The molecule has 0 radical (unpaired) electrons. The Morgan fingerprint density at radius 1 is 0.857 bits per heavy atom. The number of nitrogens with zero attached hydrogens (tertiary/aromatic N) is 1. The van der Waals surface area contributed by atoms with Crippen LogP contribution in [-0.4, -0.2) is 53.5 Å². The number of likely N-dealkylation sites (tertiary alicyclic amines) is 1. The van der Waals surface area contributed by atoms with E-state index in [-0.39, 0.29) is 30.7 Å². The summed E-state index contributed by atoms with van der Waals surface area (Å²) >= 11 is 0. The van der Waals surface area contributed by atoms with Gasteiger partial charge < -0.3 is 21.1 Å². The van der Waals surface area contributed by atoms with E-state index < -0.39 is 5.97 Å². The van der Waals surface area contributed by atoms with Crippen LogP contribution in [-0.2, 0) is 14.4 Å². The van der Waals surface area contributed by atoms with Gasteiger partial charge in [-0.15, -0.1) is 0 Å². The third kappa shape index (κ3) is 12.0. The first-order valence-electron chi connectivity index (χ1n) is 11.0. The van der Waals surface area contributed by atoms with Gasteiger partial charge in [0.05, 0.1) is 6.04 Å². The van der Waals surface area contributed by atoms with Gasteiger partial charge in [-0.25, -0.2) is 0 Å². The van der Waals surface area contributed by atoms with E-state index in [1.807, 2.05) is 4.90 Å². The number of aliphatic carboxylic acids is 1. The van der Waals surface area contributed by atoms with E-state index in [2.05, 4.69) is 5.32 Å². The van der Waals surface area contributed by atoms with E-state index in [1.165, 1.54) is 25.7 Å². The largest absolute Gasteiger partial charge is 0.481 e. The van der Waals surface area contributed by atoms with Crippen LogP contribution in [0.1, 0.15) is 89.9 Å². The lowest BCUT2D eigenvalue weighted by atomic mass is 10.1. The number of carbonyl (C=O) groups is 3. The van der Waals surface area contributed by atoms with E-state index in [0.29, 0.717) is 6.42 Å². The van der Waals surface area contributed by atoms with Crippen molar-refractivity contribution in [1.82, 2.24) is 10.2 Å². The molecule has 2 amide bonds. The third-order valence-electron chi connectivity index (χ3n) is 5.35. The number of rotatable bonds is 17. The predicted molar refractivity (Wildman–Crippen MR) is 110 cm³/mol. The highest BCUT2D eigenvalue weighted by atomic mass is 16.4. The summed E-state index contributed by atoms with van der Waals surface area (Å²) in [6, 6.07) is -0.295. The van der Waals surface area contributed by atoms with Crippen LogP contribution >= 0.6 is 0 Å². The van der Waals surface area contributed by atoms with Crippen LogP contribution in [0.4, 0.5) is 0 Å². The lowest BCUT2D eigenvalue weighted by Crippen LogP contribution is -2.46. The predicted octanol–water partition coefficient (Wildman–Crippen LogP) is 2.82. The van der Waals surface area contributed by atoms with Crippen LogP contribution in [0.3, 0.4) is 0 Å². The maximum absolute atomic E-state index is 12.6. The van der Waals surface area contributed by atoms with Gasteiger partial charge in [-0.1, -0.05) is 44.9 Å². The van der Waals surface area contributed by atoms with Crippen molar-refractivity contribution in [2.45, 2.75) is 95.9 Å². The van der Waals surface area contributed by atoms with Crippen LogP contribution in [0.5, 0.6) is 0 Å². The zero-order chi connectivity index (χ0) is 20.6. The average molecular weight is 398 g/mol. The molecule has 0 aromatic heterocycles. The summed E-state index contributed by atoms with van der Waals surface area (Å²) in [5, 5.41) is 11.9. The Kier molecular flexibility index (Phi) is 13.3. The number of primary amides is 1. The number of carboxylic acids is 1. The van der Waals surface area contributed by atoms with Gasteiger partial charge in [0.2, 0.25) is 11.8 Å². The highest BCUT2D eigenvalue weighted by molar-refractivity contribution is 5.83. The molecule has 28 heavy (non-hydrogen) atoms. The Labute approximate surface area is 169 Å². The molecule has 0 bridgehead atoms. The van der Waals surface area contributed by atoms with Crippen molar-refractivity contribution >= 4 is 17.8 Å². The van der Waals surface area contributed by atoms with Crippen LogP contribution in [0.2, 0.25) is 0 Å². The second kappa shape index (κ2) is 15.3. The molecule has 7 nitrogen and oxygen atoms in total. The third-order valence-corrected chi connectivity index (χ3v) is 5.35. The molecule has 1 aliphatic rings. The Balaban J connectivity index is 2.06. The second-order valence-electron chi connectivity index (χ2n) is 7.87. The van der Waals surface area contributed by atoms with E-state index in [1.54, 1.807) is 0 Å². The fraction of sp³-hybridized carbons (Fsp3) is 0.857. The molecule has 1 saturated heterocycles. The second-order valence-corrected chi connectivity index (χ2v) is 7.87. The SMILES string of the molecule is NC(=O)CCC(NCCCCCCCCCCCC(=O)O)C(=O)N1CCCC1. The van der Waals surface area contributed by atoms with Gasteiger partial charge in [-0.2, -0.15) is 0 Å². The van der Waals surface area contributed by atoms with Gasteiger partial charge in [-0.05, 0) is 38.6 Å². The topological polar surface area (TPSA) is 113 Å². The van der Waals surface area contributed by atoms with E-state index in [9.17, 15) is 14.4 Å². The molecular formula is C21H39N3O4. The Bertz CT molecular complexity index is 465. The van der Waals surface area contributed by atoms with Crippen LogP contribution in [0, 0.1) is 0 Å². The molecule has 1 heterocycles. The molecule has 1 aliphatic heterocycles. The smallest absolute Gasteiger partial charge is 0.303 e. The normalized spacial score (nSPS) is 14.9. The molecule has 1 fully saturated rings. The minimum Gasteiger partial charge on any atom is -0.481 e. The number of carbonyl (C=O) groups excluding carboxylic acids is 2. The lowest BCUT2D eigenvalue weighted by molar-refractivity contribution is -0.137. The number of amides is 2. The first-order valence-corrected chi connectivity index (χ1v) is 11.0. The molecule has 0 aromatic rings. The molecule has 1 rings (SSSR count). The summed E-state index contributed by atoms with van der Waals surface area (Å²) in [5.41, 5.74) is 5.25. The first-order chi connectivity index (χ1) is 13.5. The number of hydrogen-bond donors (Lipinski definition) is 3. The van der Waals surface area contributed by atoms with E-state index >= 15 is 0 Å². The van der Waals surface area contributed by atoms with Gasteiger partial charge in [0.1, 0.15) is 0 Å². The fourth-order valence-electron chi connectivity index (χ4n) is 3.67. The molecule has 0 aromatic carbocycles. The average Bonchev–Trinajstić information content (AvgIpc) is 3.18. The van der Waals surface area contributed by atoms with Crippen molar-refractivity contribution in [1.29, 1.82) is 0 Å². The Morgan fingerprint density at radius 2 is 1.39 bits per heavy atom. The summed E-state index contributed by atoms with van der Waals surface area (Å²) in [5.74, 6) is -0.946. The minimum absolute atomic E-state index is 0.113. The maximum atomic E-state index is 12.6. The van der Waals surface area contributed by atoms with Gasteiger partial charge >= 0.3 is 5.97 Å². The van der Waals surface area contributed by atoms with Crippen LogP contribution in [0.15, 0.2) is 0 Å². The van der Waals surface area contributed by atoms with Gasteiger partial charge in [-0.3, -0.25) is 14.4 Å². The molecule has 7 heteroatoms. The fourth-order valence-corrected chi connectivity index (χ4v) is 3.67. The molecule has 0 aliphatic carbocycles. The zero-order valence-corrected chi connectivity index (χ0v) is 17.3. The quantitative estimate of drug-likeness (QED) is 0.327. The number of nitrogens with one attached hydrogen (secondary N) is 1. The van der Waals surface area contributed by atoms with Gasteiger partial charge in [0, 0.05) is 25.9 Å². The number of unbranched alkanes of at least 4 members (excludes halogenated alkanes) is 8. The zero-order valence-electron chi connectivity index (χ0n) is 17.3. The van der Waals surface area contributed by atoms with Crippen molar-refractivity contribution < 1.29 is 19.5 Å². The molecule has 4 N–H and O–H groups in total. The maximum Gasteiger partial charge on any atom is 0.303 e. The minimum atomic E-state index is -0.701. The van der Waals surface area contributed by atoms with E-state index in [0.717, 1.165) is 64.6 Å². The Hall–Kier alpha value is -1.63. The van der Waals surface area contributed by atoms with Crippen molar-refractivity contribution in [2.24, 2.45) is 5.73 Å². The highest BCUT2D eigenvalue weighted by Gasteiger charge is 2.26. The van der Waals surface area contributed by atoms with Crippen LogP contribution < -0.4 is 11.1 Å². The highest BCUT2D eigenvalue weighted by Crippen LogP contribution is 2.13. The summed E-state index contributed by atoms with van der Waals surface area (Å²) in [4.78, 5) is 36.0. The summed E-state index contributed by atoms with van der Waals surface area (Å²) < 4.78 is 0. The summed E-state index contributed by atoms with van der Waals surface area (Å²) in [6.45, 7) is 2.44. The van der Waals surface area contributed by atoms with Crippen molar-refractivity contribution in [3.8, 4) is 0 Å². The van der Waals surface area contributed by atoms with Crippen molar-refractivity contribution in [2.75, 3.05) is 19.6 Å². The molecule has 1 atom stereocenters. The Morgan fingerprint density at radius 3 is 1.93 bits per heavy atom. The standard InChI is InChI=1S/C21H39N3O4/c22-19(25)14-13-18(21(28)24-16-10-11-17-24)23-15-9-7-5-3-1-2-4-6-8-12-20(26)27/h18,23H,1-17H2,(H2,22,25)(H,26,27). The van der Waals surface area contributed by atoms with Crippen molar-refractivity contribution in [3.05, 3.63) is 0 Å². The van der Waals surface area contributed by atoms with Gasteiger partial charge in [0.15, 0.2) is 0 Å². The molecule has 1 unspecified atom stereocenters. The molecule has 162 valence electrons. The monoisotopic (exact) mass is 397 g/mol. The number of hydrogen-bond acceptors (Lipinski definition) is 4. The molecule has 0 saturated carbocycles. The number of nitrogens with two attached hydrogens (primary N) is 1. The molecular weight excluding hydrogens is 358 g/mol. The van der Waals surface area contributed by atoms with E-state index in [4.69, 9.17) is 10.8 Å². The molecule has 0 spiro atoms. The summed E-state index contributed by atoms with van der Waals surface area (Å²) in [6.07, 6.45) is 13.0. The van der Waals surface area contributed by atoms with Crippen molar-refractivity contribution in [3.63, 3.8) is 0 Å². The van der Waals surface area contributed by atoms with Crippen LogP contribution in [0.25, 0.3) is 0 Å². The lowest BCUT2D eigenvalue weighted by Gasteiger charge is -2.24.